The van der Waals surface area contributed by atoms with Crippen LogP contribution in [0.5, 0.6) is 0 Å². The van der Waals surface area contributed by atoms with Gasteiger partial charge in [-0.05, 0) is 43.4 Å². The Bertz CT molecular complexity index is 1260. The van der Waals surface area contributed by atoms with E-state index in [9.17, 15) is 19.2 Å². The summed E-state index contributed by atoms with van der Waals surface area (Å²) in [6.07, 6.45) is 4.28. The maximum absolute atomic E-state index is 12.6. The quantitative estimate of drug-likeness (QED) is 0.485. The van der Waals surface area contributed by atoms with Gasteiger partial charge in [0.25, 0.3) is 17.4 Å². The molecule has 2 aliphatic rings. The number of amides is 2. The lowest BCUT2D eigenvalue weighted by Crippen LogP contribution is -2.33. The van der Waals surface area contributed by atoms with Crippen LogP contribution in [0, 0.1) is 0 Å². The molecule has 1 aromatic carbocycles. The molecule has 0 saturated heterocycles. The molecule has 5 rings (SSSR count). The third kappa shape index (κ3) is 3.44. The van der Waals surface area contributed by atoms with Crippen molar-refractivity contribution < 1.29 is 19.1 Å². The number of nitrogens with zero attached hydrogens (tertiary/aromatic N) is 2. The van der Waals surface area contributed by atoms with Gasteiger partial charge in [-0.15, -0.1) is 11.3 Å². The van der Waals surface area contributed by atoms with E-state index in [0.29, 0.717) is 27.2 Å². The Morgan fingerprint density at radius 2 is 1.81 bits per heavy atom. The maximum Gasteiger partial charge on any atom is 0.307 e. The number of nitrogens with one attached hydrogen (secondary N) is 1. The monoisotopic (exact) mass is 437 g/mol. The van der Waals surface area contributed by atoms with Crippen LogP contribution < -0.4 is 5.56 Å². The summed E-state index contributed by atoms with van der Waals surface area (Å²) in [6, 6.07) is 6.48. The number of hydrogen-bond donors (Lipinski definition) is 1. The number of esters is 1. The number of thiophene rings is 1. The fourth-order valence-corrected chi connectivity index (χ4v) is 5.39. The van der Waals surface area contributed by atoms with Gasteiger partial charge in [-0.1, -0.05) is 12.1 Å². The number of H-pyrrole nitrogens is 1. The minimum atomic E-state index is -0.579. The molecule has 1 N–H and O–H groups in total. The van der Waals surface area contributed by atoms with Gasteiger partial charge < -0.3 is 9.72 Å². The van der Waals surface area contributed by atoms with Crippen molar-refractivity contribution in [3.8, 4) is 0 Å². The molecule has 1 aliphatic carbocycles. The lowest BCUT2D eigenvalue weighted by Gasteiger charge is -2.13. The average Bonchev–Trinajstić information content (AvgIpc) is 3.26. The lowest BCUT2D eigenvalue weighted by atomic mass is 9.97. The predicted octanol–water partition coefficient (Wildman–Crippen LogP) is 2.59. The van der Waals surface area contributed by atoms with E-state index in [1.165, 1.54) is 4.88 Å². The van der Waals surface area contributed by atoms with Crippen LogP contribution in [0.15, 0.2) is 29.1 Å². The second-order valence-corrected chi connectivity index (χ2v) is 8.72. The summed E-state index contributed by atoms with van der Waals surface area (Å²) in [6.45, 7) is -0.439. The summed E-state index contributed by atoms with van der Waals surface area (Å²) in [5.41, 5.74) is 1.56. The number of fused-ring (bicyclic) bond motifs is 4. The van der Waals surface area contributed by atoms with E-state index in [0.717, 1.165) is 36.1 Å². The third-order valence-corrected chi connectivity index (χ3v) is 6.86. The molecule has 2 amide bonds. The lowest BCUT2D eigenvalue weighted by molar-refractivity contribution is -0.146. The van der Waals surface area contributed by atoms with E-state index in [4.69, 9.17) is 4.74 Å². The van der Waals surface area contributed by atoms with E-state index in [-0.39, 0.29) is 18.4 Å². The number of aromatic nitrogens is 2. The van der Waals surface area contributed by atoms with Gasteiger partial charge in [-0.3, -0.25) is 19.2 Å². The molecule has 9 heteroatoms. The van der Waals surface area contributed by atoms with Crippen LogP contribution in [0.1, 0.15) is 56.2 Å². The molecule has 0 bridgehead atoms. The van der Waals surface area contributed by atoms with Crippen LogP contribution in [-0.4, -0.2) is 39.4 Å². The fraction of sp³-hybridized carbons (Fsp3) is 0.318. The summed E-state index contributed by atoms with van der Waals surface area (Å²) < 4.78 is 5.13. The predicted molar refractivity (Wildman–Crippen MR) is 113 cm³/mol. The number of hydrogen-bond acceptors (Lipinski definition) is 7. The second kappa shape index (κ2) is 7.73. The zero-order chi connectivity index (χ0) is 21.5. The number of benzene rings is 1. The maximum atomic E-state index is 12.6. The van der Waals surface area contributed by atoms with Crippen molar-refractivity contribution >= 4 is 39.3 Å². The second-order valence-electron chi connectivity index (χ2n) is 7.63. The number of imide groups is 1. The van der Waals surface area contributed by atoms with Gasteiger partial charge >= 0.3 is 5.97 Å². The summed E-state index contributed by atoms with van der Waals surface area (Å²) in [5.74, 6) is -1.11. The van der Waals surface area contributed by atoms with E-state index in [1.807, 2.05) is 0 Å². The number of aryl methyl sites for hydroxylation is 3. The zero-order valence-electron chi connectivity index (χ0n) is 16.6. The molecule has 3 heterocycles. The molecule has 1 aliphatic heterocycles. The highest BCUT2D eigenvalue weighted by Crippen LogP contribution is 2.33. The van der Waals surface area contributed by atoms with E-state index < -0.39 is 24.5 Å². The van der Waals surface area contributed by atoms with Gasteiger partial charge in [-0.25, -0.2) is 9.88 Å². The first kappa shape index (κ1) is 19.6. The molecule has 158 valence electrons. The van der Waals surface area contributed by atoms with Crippen molar-refractivity contribution in [1.82, 2.24) is 14.9 Å². The molecule has 0 spiro atoms. The molecule has 31 heavy (non-hydrogen) atoms. The Hall–Kier alpha value is -3.33. The van der Waals surface area contributed by atoms with E-state index in [2.05, 4.69) is 9.97 Å². The van der Waals surface area contributed by atoms with Crippen molar-refractivity contribution in [3.63, 3.8) is 0 Å². The SMILES string of the molecule is O=C(CCc1nc2sc3c(c2c(=O)[nH]1)CCCC3)OCN1C(=O)c2ccccc2C1=O. The smallest absolute Gasteiger partial charge is 0.307 e. The highest BCUT2D eigenvalue weighted by molar-refractivity contribution is 7.18. The van der Waals surface area contributed by atoms with Gasteiger partial charge in [0.15, 0.2) is 6.73 Å². The van der Waals surface area contributed by atoms with Crippen LogP contribution in [-0.2, 0) is 28.8 Å². The molecule has 0 saturated carbocycles. The van der Waals surface area contributed by atoms with Crippen LogP contribution in [0.2, 0.25) is 0 Å². The molecule has 2 aromatic heterocycles. The molecular weight excluding hydrogens is 418 g/mol. The molecule has 0 atom stereocenters. The average molecular weight is 437 g/mol. The van der Waals surface area contributed by atoms with Gasteiger partial charge in [0.1, 0.15) is 10.7 Å². The van der Waals surface area contributed by atoms with Crippen molar-refractivity contribution in [1.29, 1.82) is 0 Å². The molecular formula is C22H19N3O5S. The first-order valence-electron chi connectivity index (χ1n) is 10.2. The number of carbonyl (C=O) groups is 3. The summed E-state index contributed by atoms with van der Waals surface area (Å²) in [7, 11) is 0. The van der Waals surface area contributed by atoms with Crippen LogP contribution in [0.4, 0.5) is 0 Å². The van der Waals surface area contributed by atoms with Crippen molar-refractivity contribution in [2.45, 2.75) is 38.5 Å². The van der Waals surface area contributed by atoms with E-state index >= 15 is 0 Å². The number of carbonyl (C=O) groups excluding carboxylic acids is 3. The fourth-order valence-electron chi connectivity index (χ4n) is 4.11. The van der Waals surface area contributed by atoms with Crippen LogP contribution in [0.3, 0.4) is 0 Å². The first-order valence-corrected chi connectivity index (χ1v) is 11.0. The zero-order valence-corrected chi connectivity index (χ0v) is 17.4. The molecule has 0 radical (unpaired) electrons. The normalized spacial score (nSPS) is 15.3. The topological polar surface area (TPSA) is 109 Å². The Morgan fingerprint density at radius 3 is 2.55 bits per heavy atom. The minimum absolute atomic E-state index is 0.0251. The number of ether oxygens (including phenoxy) is 1. The van der Waals surface area contributed by atoms with Crippen molar-refractivity contribution in [2.75, 3.05) is 6.73 Å². The van der Waals surface area contributed by atoms with Crippen LogP contribution >= 0.6 is 11.3 Å². The van der Waals surface area contributed by atoms with Crippen molar-refractivity contribution in [3.05, 3.63) is 62.0 Å². The Balaban J connectivity index is 1.22. The first-order chi connectivity index (χ1) is 15.0. The minimum Gasteiger partial charge on any atom is -0.444 e. The highest BCUT2D eigenvalue weighted by atomic mass is 32.1. The van der Waals surface area contributed by atoms with Gasteiger partial charge in [-0.2, -0.15) is 0 Å². The summed E-state index contributed by atoms with van der Waals surface area (Å²) >= 11 is 1.55. The Labute approximate surface area is 180 Å². The molecule has 8 nitrogen and oxygen atoms in total. The molecule has 0 unspecified atom stereocenters. The highest BCUT2D eigenvalue weighted by Gasteiger charge is 2.35. The standard InChI is InChI=1S/C22H19N3O5S/c26-17(30-11-25-21(28)12-5-1-2-6-13(12)22(25)29)10-9-16-23-19(27)18-14-7-3-4-8-15(14)31-20(18)24-16/h1-2,5-6H,3-4,7-11H2,(H,23,24,27). The Morgan fingerprint density at radius 1 is 1.10 bits per heavy atom. The number of aromatic amines is 1. The molecule has 3 aromatic rings. The summed E-state index contributed by atoms with van der Waals surface area (Å²) in [5, 5.41) is 0.677. The third-order valence-electron chi connectivity index (χ3n) is 5.67. The van der Waals surface area contributed by atoms with Gasteiger partial charge in [0.05, 0.1) is 22.9 Å². The van der Waals surface area contributed by atoms with Gasteiger partial charge in [0, 0.05) is 11.3 Å². The Kier molecular flexibility index (Phi) is 4.90. The summed E-state index contributed by atoms with van der Waals surface area (Å²) in [4.78, 5) is 59.5. The van der Waals surface area contributed by atoms with Gasteiger partial charge in [0.2, 0.25) is 0 Å². The molecule has 0 fully saturated rings. The van der Waals surface area contributed by atoms with Crippen LogP contribution in [0.25, 0.3) is 10.2 Å². The largest absolute Gasteiger partial charge is 0.444 e. The number of rotatable bonds is 5. The van der Waals surface area contributed by atoms with E-state index in [1.54, 1.807) is 35.6 Å². The van der Waals surface area contributed by atoms with Crippen molar-refractivity contribution in [2.24, 2.45) is 0 Å².